The highest BCUT2D eigenvalue weighted by molar-refractivity contribution is 7.03. The number of para-hydroxylation sites is 1. The summed E-state index contributed by atoms with van der Waals surface area (Å²) in [6, 6.07) is 22.7. The van der Waals surface area contributed by atoms with Gasteiger partial charge in [-0.1, -0.05) is 71.2 Å². The second kappa shape index (κ2) is 9.93. The van der Waals surface area contributed by atoms with Crippen LogP contribution in [-0.2, 0) is 11.3 Å². The van der Waals surface area contributed by atoms with Crippen molar-refractivity contribution in [3.8, 4) is 0 Å². The first kappa shape index (κ1) is 21.3. The number of hydrogen-bond donors (Lipinski definition) is 1. The van der Waals surface area contributed by atoms with Gasteiger partial charge in [0, 0.05) is 23.2 Å². The van der Waals surface area contributed by atoms with Crippen LogP contribution in [0, 0.1) is 5.82 Å². The molecule has 0 fully saturated rings. The number of halogens is 1. The van der Waals surface area contributed by atoms with E-state index in [-0.39, 0.29) is 17.8 Å². The van der Waals surface area contributed by atoms with Gasteiger partial charge in [-0.15, -0.1) is 5.10 Å². The van der Waals surface area contributed by atoms with Crippen LogP contribution in [0.5, 0.6) is 0 Å². The molecule has 2 amide bonds. The zero-order chi connectivity index (χ0) is 22.3. The van der Waals surface area contributed by atoms with Gasteiger partial charge in [0.05, 0.1) is 0 Å². The number of hydrogen-bond acceptors (Lipinski definition) is 5. The number of aromatic nitrogens is 2. The topological polar surface area (TPSA) is 75.2 Å². The number of anilines is 1. The van der Waals surface area contributed by atoms with Crippen LogP contribution in [0.15, 0.2) is 90.3 Å². The molecule has 0 aliphatic carbocycles. The van der Waals surface area contributed by atoms with Crippen molar-refractivity contribution in [2.75, 3.05) is 4.90 Å². The molecule has 8 heteroatoms. The van der Waals surface area contributed by atoms with Crippen molar-refractivity contribution in [2.45, 2.75) is 12.6 Å². The summed E-state index contributed by atoms with van der Waals surface area (Å²) in [6.07, 6.45) is 0. The lowest BCUT2D eigenvalue weighted by atomic mass is 10.0. The molecule has 1 N–H and O–H groups in total. The fourth-order valence-corrected chi connectivity index (χ4v) is 3.76. The summed E-state index contributed by atoms with van der Waals surface area (Å²) in [6.45, 7) is 0.236. The smallest absolute Gasteiger partial charge is 0.280 e. The van der Waals surface area contributed by atoms with E-state index in [9.17, 15) is 14.0 Å². The standard InChI is InChI=1S/C24H19FN4O2S/c25-20-14-8-7-13-19(20)22(23(30)26-15-17-9-3-1-4-10-17)29(18-11-5-2-6-12-18)24(31)21-16-32-28-27-21/h1-14,16,22H,15H2,(H,26,30)/t22-/m1/s1. The van der Waals surface area contributed by atoms with E-state index in [0.717, 1.165) is 17.1 Å². The number of nitrogens with one attached hydrogen (secondary N) is 1. The molecule has 160 valence electrons. The Hall–Kier alpha value is -3.91. The Balaban J connectivity index is 1.77. The maximum Gasteiger partial charge on any atom is 0.280 e. The Labute approximate surface area is 188 Å². The third-order valence-corrected chi connectivity index (χ3v) is 5.35. The predicted octanol–water partition coefficient (Wildman–Crippen LogP) is 4.38. The summed E-state index contributed by atoms with van der Waals surface area (Å²) in [7, 11) is 0. The molecule has 0 aliphatic rings. The zero-order valence-corrected chi connectivity index (χ0v) is 17.7. The normalized spacial score (nSPS) is 11.5. The fourth-order valence-electron chi connectivity index (χ4n) is 3.33. The number of nitrogens with zero attached hydrogens (tertiary/aromatic N) is 3. The lowest BCUT2D eigenvalue weighted by Crippen LogP contribution is -2.44. The summed E-state index contributed by atoms with van der Waals surface area (Å²) in [5, 5.41) is 8.21. The number of amides is 2. The van der Waals surface area contributed by atoms with Crippen LogP contribution < -0.4 is 10.2 Å². The second-order valence-electron chi connectivity index (χ2n) is 6.93. The average Bonchev–Trinajstić information content (AvgIpc) is 3.38. The van der Waals surface area contributed by atoms with Crippen LogP contribution in [0.3, 0.4) is 0 Å². The monoisotopic (exact) mass is 446 g/mol. The van der Waals surface area contributed by atoms with Gasteiger partial charge < -0.3 is 5.32 Å². The van der Waals surface area contributed by atoms with E-state index >= 15 is 0 Å². The lowest BCUT2D eigenvalue weighted by molar-refractivity contribution is -0.122. The maximum atomic E-state index is 14.9. The molecular weight excluding hydrogens is 427 g/mol. The number of rotatable bonds is 7. The molecule has 4 rings (SSSR count). The van der Waals surface area contributed by atoms with E-state index in [4.69, 9.17) is 0 Å². The van der Waals surface area contributed by atoms with Gasteiger partial charge in [0.1, 0.15) is 11.9 Å². The van der Waals surface area contributed by atoms with E-state index < -0.39 is 23.7 Å². The first-order valence-electron chi connectivity index (χ1n) is 9.87. The van der Waals surface area contributed by atoms with E-state index in [0.29, 0.717) is 5.69 Å². The lowest BCUT2D eigenvalue weighted by Gasteiger charge is -2.31. The molecule has 1 aromatic heterocycles. The zero-order valence-electron chi connectivity index (χ0n) is 16.9. The molecule has 0 aliphatic heterocycles. The average molecular weight is 447 g/mol. The Morgan fingerprint density at radius 2 is 1.59 bits per heavy atom. The van der Waals surface area contributed by atoms with Crippen molar-refractivity contribution in [2.24, 2.45) is 0 Å². The summed E-state index contributed by atoms with van der Waals surface area (Å²) in [5.74, 6) is -1.65. The van der Waals surface area contributed by atoms with Crippen LogP contribution in [0.4, 0.5) is 10.1 Å². The molecule has 4 aromatic rings. The summed E-state index contributed by atoms with van der Waals surface area (Å²) >= 11 is 1.02. The predicted molar refractivity (Wildman–Crippen MR) is 121 cm³/mol. The highest BCUT2D eigenvalue weighted by atomic mass is 32.1. The van der Waals surface area contributed by atoms with E-state index in [2.05, 4.69) is 14.9 Å². The molecular formula is C24H19FN4O2S. The first-order chi connectivity index (χ1) is 15.6. The largest absolute Gasteiger partial charge is 0.350 e. The number of benzene rings is 3. The van der Waals surface area contributed by atoms with Crippen molar-refractivity contribution < 1.29 is 14.0 Å². The van der Waals surface area contributed by atoms with E-state index in [1.54, 1.807) is 36.4 Å². The minimum atomic E-state index is -1.25. The fraction of sp³-hybridized carbons (Fsp3) is 0.0833. The SMILES string of the molecule is O=C(NCc1ccccc1)[C@@H](c1ccccc1F)N(C(=O)c1csnn1)c1ccccc1. The van der Waals surface area contributed by atoms with Crippen LogP contribution in [0.25, 0.3) is 0 Å². The van der Waals surface area contributed by atoms with Crippen LogP contribution in [0.2, 0.25) is 0 Å². The second-order valence-corrected chi connectivity index (χ2v) is 7.54. The van der Waals surface area contributed by atoms with Crippen molar-refractivity contribution in [1.29, 1.82) is 0 Å². The molecule has 1 atom stereocenters. The van der Waals surface area contributed by atoms with Crippen LogP contribution in [0.1, 0.15) is 27.7 Å². The highest BCUT2D eigenvalue weighted by Gasteiger charge is 2.35. The molecule has 0 spiro atoms. The van der Waals surface area contributed by atoms with Gasteiger partial charge in [0.15, 0.2) is 5.69 Å². The third kappa shape index (κ3) is 4.70. The molecule has 0 unspecified atom stereocenters. The van der Waals surface area contributed by atoms with Crippen LogP contribution >= 0.6 is 11.5 Å². The molecule has 1 heterocycles. The van der Waals surface area contributed by atoms with Gasteiger partial charge in [-0.25, -0.2) is 4.39 Å². The number of carbonyl (C=O) groups is 2. The Morgan fingerprint density at radius 1 is 0.938 bits per heavy atom. The van der Waals surface area contributed by atoms with Gasteiger partial charge in [-0.3, -0.25) is 14.5 Å². The Bertz CT molecular complexity index is 1190. The molecule has 0 radical (unpaired) electrons. The maximum absolute atomic E-state index is 14.9. The first-order valence-corrected chi connectivity index (χ1v) is 10.7. The van der Waals surface area contributed by atoms with Gasteiger partial charge in [0.2, 0.25) is 5.91 Å². The molecule has 0 saturated heterocycles. The summed E-state index contributed by atoms with van der Waals surface area (Å²) < 4.78 is 18.7. The van der Waals surface area contributed by atoms with E-state index in [1.165, 1.54) is 28.5 Å². The molecule has 6 nitrogen and oxygen atoms in total. The van der Waals surface area contributed by atoms with Crippen molar-refractivity contribution >= 4 is 29.0 Å². The van der Waals surface area contributed by atoms with Crippen LogP contribution in [-0.4, -0.2) is 21.4 Å². The van der Waals surface area contributed by atoms with Gasteiger partial charge in [-0.2, -0.15) is 0 Å². The van der Waals surface area contributed by atoms with E-state index in [1.807, 2.05) is 30.3 Å². The minimum absolute atomic E-state index is 0.0797. The molecule has 3 aromatic carbocycles. The van der Waals surface area contributed by atoms with Crippen molar-refractivity contribution in [1.82, 2.24) is 14.9 Å². The van der Waals surface area contributed by atoms with Gasteiger partial charge in [0.25, 0.3) is 5.91 Å². The quantitative estimate of drug-likeness (QED) is 0.457. The Morgan fingerprint density at radius 3 is 2.25 bits per heavy atom. The molecule has 0 bridgehead atoms. The van der Waals surface area contributed by atoms with Crippen molar-refractivity contribution in [3.63, 3.8) is 0 Å². The van der Waals surface area contributed by atoms with Crippen molar-refractivity contribution in [3.05, 3.63) is 113 Å². The van der Waals surface area contributed by atoms with Gasteiger partial charge in [-0.05, 0) is 35.3 Å². The van der Waals surface area contributed by atoms with Gasteiger partial charge >= 0.3 is 0 Å². The highest BCUT2D eigenvalue weighted by Crippen LogP contribution is 2.31. The minimum Gasteiger partial charge on any atom is -0.350 e. The third-order valence-electron chi connectivity index (χ3n) is 4.85. The summed E-state index contributed by atoms with van der Waals surface area (Å²) in [4.78, 5) is 28.2. The number of carbonyl (C=O) groups excluding carboxylic acids is 2. The Kier molecular flexibility index (Phi) is 6.62. The summed E-state index contributed by atoms with van der Waals surface area (Å²) in [5.41, 5.74) is 1.48. The molecule has 32 heavy (non-hydrogen) atoms. The molecule has 0 saturated carbocycles.